The van der Waals surface area contributed by atoms with E-state index in [2.05, 4.69) is 5.16 Å². The standard InChI is InChI=1S/C20H14F3NO2S/c21-20(22,23)13-8-9-15(17(10-13)27-14-4-2-1-3-5-14)19-16(11-24-26-19)18(25)12-6-7-12/h1-5,8-12H,6-7H2. The van der Waals surface area contributed by atoms with Crippen LogP contribution in [0.4, 0.5) is 13.2 Å². The summed E-state index contributed by atoms with van der Waals surface area (Å²) in [5, 5.41) is 3.72. The van der Waals surface area contributed by atoms with Crippen molar-refractivity contribution in [3.8, 4) is 11.3 Å². The minimum atomic E-state index is -4.46. The lowest BCUT2D eigenvalue weighted by molar-refractivity contribution is -0.137. The fraction of sp³-hybridized carbons (Fsp3) is 0.200. The molecule has 0 spiro atoms. The van der Waals surface area contributed by atoms with Gasteiger partial charge in [0.2, 0.25) is 0 Å². The molecule has 1 aliphatic rings. The first-order chi connectivity index (χ1) is 12.9. The molecule has 1 heterocycles. The Morgan fingerprint density at radius 3 is 2.52 bits per heavy atom. The van der Waals surface area contributed by atoms with Crippen LogP contribution in [0.15, 0.2) is 69.0 Å². The minimum absolute atomic E-state index is 0.0391. The largest absolute Gasteiger partial charge is 0.416 e. The predicted molar refractivity (Wildman–Crippen MR) is 94.6 cm³/mol. The van der Waals surface area contributed by atoms with Crippen LogP contribution in [-0.2, 0) is 6.18 Å². The normalized spacial score (nSPS) is 14.3. The van der Waals surface area contributed by atoms with Crippen LogP contribution < -0.4 is 0 Å². The van der Waals surface area contributed by atoms with Crippen molar-refractivity contribution in [2.75, 3.05) is 0 Å². The number of aromatic nitrogens is 1. The maximum Gasteiger partial charge on any atom is 0.416 e. The van der Waals surface area contributed by atoms with Crippen molar-refractivity contribution in [1.29, 1.82) is 0 Å². The Morgan fingerprint density at radius 1 is 1.11 bits per heavy atom. The Kier molecular flexibility index (Phi) is 4.55. The van der Waals surface area contributed by atoms with Crippen molar-refractivity contribution in [2.24, 2.45) is 5.92 Å². The summed E-state index contributed by atoms with van der Waals surface area (Å²) in [5.74, 6) is 0.115. The molecule has 27 heavy (non-hydrogen) atoms. The van der Waals surface area contributed by atoms with Crippen molar-refractivity contribution in [2.45, 2.75) is 28.8 Å². The molecule has 0 radical (unpaired) electrons. The zero-order valence-electron chi connectivity index (χ0n) is 14.0. The molecular formula is C20H14F3NO2S. The number of benzene rings is 2. The van der Waals surface area contributed by atoms with E-state index in [1.807, 2.05) is 30.3 Å². The third-order valence-corrected chi connectivity index (χ3v) is 5.37. The fourth-order valence-electron chi connectivity index (χ4n) is 2.76. The van der Waals surface area contributed by atoms with E-state index in [1.54, 1.807) is 0 Å². The molecule has 138 valence electrons. The third kappa shape index (κ3) is 3.78. The van der Waals surface area contributed by atoms with Crippen LogP contribution in [0.25, 0.3) is 11.3 Å². The van der Waals surface area contributed by atoms with E-state index in [1.165, 1.54) is 24.0 Å². The van der Waals surface area contributed by atoms with E-state index in [4.69, 9.17) is 4.52 Å². The van der Waals surface area contributed by atoms with Crippen LogP contribution in [0.2, 0.25) is 0 Å². The second-order valence-corrected chi connectivity index (χ2v) is 7.45. The highest BCUT2D eigenvalue weighted by molar-refractivity contribution is 7.99. The number of Topliss-reactive ketones (excluding diaryl/α,β-unsaturated/α-hetero) is 1. The van der Waals surface area contributed by atoms with E-state index in [9.17, 15) is 18.0 Å². The molecule has 1 fully saturated rings. The highest BCUT2D eigenvalue weighted by atomic mass is 32.2. The topological polar surface area (TPSA) is 43.1 Å². The van der Waals surface area contributed by atoms with E-state index < -0.39 is 11.7 Å². The van der Waals surface area contributed by atoms with E-state index in [0.29, 0.717) is 16.0 Å². The molecule has 1 saturated carbocycles. The number of hydrogen-bond acceptors (Lipinski definition) is 4. The maximum absolute atomic E-state index is 13.2. The smallest absolute Gasteiger partial charge is 0.355 e. The van der Waals surface area contributed by atoms with Gasteiger partial charge in [-0.05, 0) is 43.2 Å². The summed E-state index contributed by atoms with van der Waals surface area (Å²) in [5.41, 5.74) is 0.00443. The van der Waals surface area contributed by atoms with Crippen LogP contribution in [0.1, 0.15) is 28.8 Å². The Morgan fingerprint density at radius 2 is 1.85 bits per heavy atom. The minimum Gasteiger partial charge on any atom is -0.355 e. The Bertz CT molecular complexity index is 978. The summed E-state index contributed by atoms with van der Waals surface area (Å²) in [7, 11) is 0. The predicted octanol–water partition coefficient (Wildman–Crippen LogP) is 6.10. The average molecular weight is 389 g/mol. The van der Waals surface area contributed by atoms with Crippen molar-refractivity contribution >= 4 is 17.5 Å². The van der Waals surface area contributed by atoms with Gasteiger partial charge in [-0.25, -0.2) is 0 Å². The second-order valence-electron chi connectivity index (χ2n) is 6.33. The maximum atomic E-state index is 13.2. The molecular weight excluding hydrogens is 375 g/mol. The number of carbonyl (C=O) groups is 1. The zero-order chi connectivity index (χ0) is 19.0. The van der Waals surface area contributed by atoms with Gasteiger partial charge in [0.15, 0.2) is 11.5 Å². The first kappa shape index (κ1) is 17.9. The Hall–Kier alpha value is -2.54. The molecule has 1 aromatic heterocycles. The Labute approximate surface area is 157 Å². The first-order valence-corrected chi connectivity index (χ1v) is 9.18. The summed E-state index contributed by atoms with van der Waals surface area (Å²) < 4.78 is 44.9. The highest BCUT2D eigenvalue weighted by Gasteiger charge is 2.35. The van der Waals surface area contributed by atoms with Crippen LogP contribution in [0, 0.1) is 5.92 Å². The van der Waals surface area contributed by atoms with Gasteiger partial charge in [-0.15, -0.1) is 0 Å². The average Bonchev–Trinajstić information content (AvgIpc) is 3.38. The monoisotopic (exact) mass is 389 g/mol. The van der Waals surface area contributed by atoms with Gasteiger partial charge in [0.1, 0.15) is 0 Å². The molecule has 0 amide bonds. The number of nitrogens with zero attached hydrogens (tertiary/aromatic N) is 1. The number of rotatable bonds is 5. The van der Waals surface area contributed by atoms with Gasteiger partial charge in [0, 0.05) is 21.3 Å². The Balaban J connectivity index is 1.80. The molecule has 3 aromatic rings. The summed E-state index contributed by atoms with van der Waals surface area (Å²) >= 11 is 1.19. The summed E-state index contributed by atoms with van der Waals surface area (Å²) in [4.78, 5) is 13.6. The van der Waals surface area contributed by atoms with Gasteiger partial charge in [-0.3, -0.25) is 4.79 Å². The number of alkyl halides is 3. The van der Waals surface area contributed by atoms with Crippen LogP contribution in [0.3, 0.4) is 0 Å². The molecule has 2 aromatic carbocycles. The highest BCUT2D eigenvalue weighted by Crippen LogP contribution is 2.42. The van der Waals surface area contributed by atoms with E-state index >= 15 is 0 Å². The van der Waals surface area contributed by atoms with Gasteiger partial charge >= 0.3 is 6.18 Å². The lowest BCUT2D eigenvalue weighted by Gasteiger charge is -2.12. The lowest BCUT2D eigenvalue weighted by Crippen LogP contribution is -2.06. The molecule has 0 bridgehead atoms. The number of halogens is 3. The van der Waals surface area contributed by atoms with Gasteiger partial charge < -0.3 is 4.52 Å². The van der Waals surface area contributed by atoms with Crippen molar-refractivity contribution in [3.05, 3.63) is 65.9 Å². The second kappa shape index (κ2) is 6.88. The summed E-state index contributed by atoms with van der Waals surface area (Å²) in [6.07, 6.45) is -1.46. The summed E-state index contributed by atoms with van der Waals surface area (Å²) in [6, 6.07) is 12.5. The van der Waals surface area contributed by atoms with Gasteiger partial charge in [0.05, 0.1) is 17.3 Å². The summed E-state index contributed by atoms with van der Waals surface area (Å²) in [6.45, 7) is 0. The molecule has 3 nitrogen and oxygen atoms in total. The first-order valence-electron chi connectivity index (χ1n) is 8.37. The molecule has 0 N–H and O–H groups in total. The zero-order valence-corrected chi connectivity index (χ0v) is 14.8. The van der Waals surface area contributed by atoms with Gasteiger partial charge in [0.25, 0.3) is 0 Å². The van der Waals surface area contributed by atoms with Crippen molar-refractivity contribution in [3.63, 3.8) is 0 Å². The van der Waals surface area contributed by atoms with Crippen molar-refractivity contribution in [1.82, 2.24) is 5.16 Å². The fourth-order valence-corrected chi connectivity index (χ4v) is 3.76. The lowest BCUT2D eigenvalue weighted by atomic mass is 10.0. The third-order valence-electron chi connectivity index (χ3n) is 4.31. The van der Waals surface area contributed by atoms with E-state index in [0.717, 1.165) is 29.9 Å². The SMILES string of the molecule is O=C(c1cnoc1-c1ccc(C(F)(F)F)cc1Sc1ccccc1)C1CC1. The van der Waals surface area contributed by atoms with Crippen LogP contribution in [0.5, 0.6) is 0 Å². The van der Waals surface area contributed by atoms with E-state index in [-0.39, 0.29) is 17.5 Å². The van der Waals surface area contributed by atoms with Crippen LogP contribution in [-0.4, -0.2) is 10.9 Å². The molecule has 0 aliphatic heterocycles. The number of carbonyl (C=O) groups excluding carboxylic acids is 1. The molecule has 0 saturated heterocycles. The van der Waals surface area contributed by atoms with Gasteiger partial charge in [-0.2, -0.15) is 13.2 Å². The molecule has 1 aliphatic carbocycles. The van der Waals surface area contributed by atoms with Crippen molar-refractivity contribution < 1.29 is 22.5 Å². The number of hydrogen-bond donors (Lipinski definition) is 0. The molecule has 4 rings (SSSR count). The van der Waals surface area contributed by atoms with Gasteiger partial charge in [-0.1, -0.05) is 35.1 Å². The number of ketones is 1. The quantitative estimate of drug-likeness (QED) is 0.494. The molecule has 7 heteroatoms. The van der Waals surface area contributed by atoms with Crippen LogP contribution >= 0.6 is 11.8 Å². The molecule has 0 unspecified atom stereocenters. The molecule has 0 atom stereocenters.